The predicted molar refractivity (Wildman–Crippen MR) is 375 cm³/mol. The Bertz CT molecular complexity index is 4410. The first kappa shape index (κ1) is 63.6. The Hall–Kier alpha value is -11.4. The number of rotatable bonds is 33. The Labute approximate surface area is 582 Å². The summed E-state index contributed by atoms with van der Waals surface area (Å²) in [7, 11) is 0. The number of hydrogen-bond donors (Lipinski definition) is 3. The van der Waals surface area contributed by atoms with Gasteiger partial charge in [-0.25, -0.2) is 0 Å². The zero-order chi connectivity index (χ0) is 73.6. The highest BCUT2D eigenvalue weighted by molar-refractivity contribution is 5.96. The van der Waals surface area contributed by atoms with E-state index in [2.05, 4.69) is 0 Å². The quantitative estimate of drug-likeness (QED) is 0.0256. The van der Waals surface area contributed by atoms with Gasteiger partial charge in [0.1, 0.15) is 41.1 Å². The van der Waals surface area contributed by atoms with E-state index in [-0.39, 0.29) is 80.0 Å². The molecule has 3 saturated carbocycles. The van der Waals surface area contributed by atoms with Crippen molar-refractivity contribution >= 4 is 35.6 Å². The van der Waals surface area contributed by atoms with Crippen LogP contribution in [0.2, 0.25) is 0 Å². The van der Waals surface area contributed by atoms with Crippen LogP contribution >= 0.6 is 0 Å². The minimum atomic E-state index is -2.10. The summed E-state index contributed by atoms with van der Waals surface area (Å²) in [6, 6.07) is 51.9. The number of ether oxygens (including phenoxy) is 3. The molecule has 3 amide bonds. The zero-order valence-corrected chi connectivity index (χ0v) is 54.6. The molecule has 18 heteroatoms. The molecule has 0 spiro atoms. The highest BCUT2D eigenvalue weighted by Gasteiger charge is 2.36. The number of allylic oxidation sites excluding steroid dienone is 1. The van der Waals surface area contributed by atoms with Crippen LogP contribution in [0.15, 0.2) is 250 Å². The van der Waals surface area contributed by atoms with Gasteiger partial charge in [-0.1, -0.05) is 127 Å². The first-order valence-electron chi connectivity index (χ1n) is 35.4. The number of aliphatic carboxylic acids is 3. The number of hydrogen-bond acceptors (Lipinski definition) is 12. The summed E-state index contributed by atoms with van der Waals surface area (Å²) in [5.41, 5.74) is 5.26. The number of amides is 3. The van der Waals surface area contributed by atoms with E-state index in [1.807, 2.05) is 60.7 Å². The van der Waals surface area contributed by atoms with E-state index in [9.17, 15) is 28.8 Å². The number of carboxylic acids is 3. The van der Waals surface area contributed by atoms with Gasteiger partial charge < -0.3 is 57.5 Å². The molecule has 3 aliphatic rings. The van der Waals surface area contributed by atoms with E-state index in [1.165, 1.54) is 9.80 Å². The van der Waals surface area contributed by atoms with E-state index in [1.54, 1.807) is 181 Å². The Morgan fingerprint density at radius 1 is 0.414 bits per heavy atom. The van der Waals surface area contributed by atoms with E-state index in [0.717, 1.165) is 53.7 Å². The van der Waals surface area contributed by atoms with E-state index in [4.69, 9.17) is 49.6 Å². The largest absolute Gasteiger partial charge is 0.493 e. The standard InChI is InChI=1S/3C27H27NO5/c3*29-26(30)10-2-1-5-17-32-25-8-4-3-7-22(25)19-28(23-15-16-23)27(31)21-13-11-20(12-14-21)24-9-6-18-33-24/h1,3-9,11-14,18,23H,2,10,15-17,19H2,(H,29,30);2*1-4,6-9,11-14,18,23H,5,10,15-17,19H2,(H,29,30)/b5-1-;2*2-1+/i19D2;23D;19D2. The lowest BCUT2D eigenvalue weighted by Gasteiger charge is -2.24. The second kappa shape index (κ2) is 36.1. The molecule has 18 nitrogen and oxygen atoms in total. The van der Waals surface area contributed by atoms with Gasteiger partial charge in [0.05, 0.1) is 51.7 Å². The summed E-state index contributed by atoms with van der Waals surface area (Å²) < 4.78 is 78.3. The number of nitrogens with zero attached hydrogens (tertiary/aromatic N) is 3. The van der Waals surface area contributed by atoms with Crippen molar-refractivity contribution in [2.75, 3.05) is 19.8 Å². The normalized spacial score (nSPS) is 14.6. The van der Waals surface area contributed by atoms with Crippen LogP contribution in [-0.2, 0) is 33.9 Å². The van der Waals surface area contributed by atoms with Gasteiger partial charge in [0.25, 0.3) is 17.7 Å². The van der Waals surface area contributed by atoms with Gasteiger partial charge in [-0.2, -0.15) is 0 Å². The van der Waals surface area contributed by atoms with Crippen LogP contribution in [0.1, 0.15) is 132 Å². The molecule has 3 aliphatic carbocycles. The molecule has 3 fully saturated rings. The van der Waals surface area contributed by atoms with Crippen LogP contribution in [0.5, 0.6) is 17.2 Å². The van der Waals surface area contributed by atoms with Crippen molar-refractivity contribution in [3.05, 3.63) is 271 Å². The van der Waals surface area contributed by atoms with Crippen molar-refractivity contribution in [1.29, 1.82) is 0 Å². The molecule has 6 aromatic carbocycles. The maximum atomic E-state index is 13.5. The second-order valence-electron chi connectivity index (χ2n) is 23.4. The lowest BCUT2D eigenvalue weighted by atomic mass is 10.1. The van der Waals surface area contributed by atoms with Gasteiger partial charge in [-0.3, -0.25) is 28.8 Å². The van der Waals surface area contributed by atoms with Gasteiger partial charge in [0, 0.05) is 94.1 Å². The Balaban J connectivity index is 0.000000167. The maximum absolute atomic E-state index is 13.5. The van der Waals surface area contributed by atoms with Crippen LogP contribution in [-0.4, -0.2) is 104 Å². The molecule has 510 valence electrons. The molecule has 3 aromatic heterocycles. The van der Waals surface area contributed by atoms with Crippen LogP contribution in [0, 0.1) is 0 Å². The third kappa shape index (κ3) is 21.8. The summed E-state index contributed by atoms with van der Waals surface area (Å²) in [5.74, 6) is -0.107. The number of carbonyl (C=O) groups excluding carboxylic acids is 3. The number of carboxylic acid groups (broad SMARTS) is 3. The monoisotopic (exact) mass is 1340 g/mol. The molecule has 0 unspecified atom stereocenters. The SMILES string of the molecule is [2H]C([2H])(c1ccccc1OC/C=C\CCC(=O)O)N(C(=O)c1ccc(-c2ccco2)cc1)C1CC1.[2H]C([2H])(c1ccccc1OCC/C=C/CC(=O)O)N(C(=O)c1ccc(-c2ccco2)cc1)C1CC1.[2H]C1(N(Cc2ccccc2OCC/C=C/CC(=O)O)C(=O)c2ccc(-c3ccco3)cc2)CC1. The summed E-state index contributed by atoms with van der Waals surface area (Å²) in [6.07, 6.45) is 20.5. The zero-order valence-electron chi connectivity index (χ0n) is 59.6. The average Bonchev–Trinajstić information content (AvgIpc) is 1.07. The second-order valence-corrected chi connectivity index (χ2v) is 23.4. The van der Waals surface area contributed by atoms with E-state index < -0.39 is 36.9 Å². The van der Waals surface area contributed by atoms with Crippen LogP contribution in [0.25, 0.3) is 34.0 Å². The fourth-order valence-electron chi connectivity index (χ4n) is 10.2. The maximum Gasteiger partial charge on any atom is 0.307 e. The fraction of sp³-hybridized carbons (Fsp3) is 0.259. The topological polar surface area (TPSA) is 240 Å². The third-order valence-corrected chi connectivity index (χ3v) is 15.8. The lowest BCUT2D eigenvalue weighted by molar-refractivity contribution is -0.137. The molecule has 0 bridgehead atoms. The van der Waals surface area contributed by atoms with E-state index >= 15 is 0 Å². The highest BCUT2D eigenvalue weighted by Crippen LogP contribution is 2.36. The van der Waals surface area contributed by atoms with E-state index in [0.29, 0.717) is 84.2 Å². The summed E-state index contributed by atoms with van der Waals surface area (Å²) in [6.45, 7) is -3.10. The predicted octanol–water partition coefficient (Wildman–Crippen LogP) is 16.7. The third-order valence-electron chi connectivity index (χ3n) is 15.8. The molecule has 0 aliphatic heterocycles. The first-order chi connectivity index (χ1) is 50.2. The van der Waals surface area contributed by atoms with Gasteiger partial charge in [0.15, 0.2) is 0 Å². The highest BCUT2D eigenvalue weighted by atomic mass is 16.5. The van der Waals surface area contributed by atoms with Gasteiger partial charge in [-0.15, -0.1) is 0 Å². The van der Waals surface area contributed by atoms with Crippen molar-refractivity contribution in [2.45, 2.75) is 115 Å². The minimum absolute atomic E-state index is 0.0122. The Morgan fingerprint density at radius 2 is 0.788 bits per heavy atom. The number of benzene rings is 6. The van der Waals surface area contributed by atoms with Crippen molar-refractivity contribution in [1.82, 2.24) is 14.7 Å². The van der Waals surface area contributed by atoms with Crippen molar-refractivity contribution in [3.63, 3.8) is 0 Å². The van der Waals surface area contributed by atoms with Crippen molar-refractivity contribution in [3.8, 4) is 51.2 Å². The minimum Gasteiger partial charge on any atom is -0.493 e. The molecule has 0 atom stereocenters. The number of carbonyl (C=O) groups is 6. The molecule has 3 heterocycles. The molecule has 99 heavy (non-hydrogen) atoms. The fourth-order valence-corrected chi connectivity index (χ4v) is 10.2. The Kier molecular flexibility index (Phi) is 23.2. The van der Waals surface area contributed by atoms with Crippen LogP contribution in [0.4, 0.5) is 0 Å². The molecular formula is C81H81N3O15. The summed E-state index contributed by atoms with van der Waals surface area (Å²) in [5, 5.41) is 26.1. The average molecular weight is 1340 g/mol. The van der Waals surface area contributed by atoms with Gasteiger partial charge in [0.2, 0.25) is 0 Å². The van der Waals surface area contributed by atoms with Gasteiger partial charge >= 0.3 is 17.9 Å². The number of para-hydroxylation sites is 3. The lowest BCUT2D eigenvalue weighted by Crippen LogP contribution is -2.32. The van der Waals surface area contributed by atoms with Crippen LogP contribution < -0.4 is 14.2 Å². The molecule has 9 aromatic rings. The smallest absolute Gasteiger partial charge is 0.307 e. The molecule has 3 N–H and O–H groups in total. The summed E-state index contributed by atoms with van der Waals surface area (Å²) in [4.78, 5) is 76.5. The molecule has 0 saturated heterocycles. The number of furan rings is 3. The van der Waals surface area contributed by atoms with Crippen molar-refractivity contribution in [2.24, 2.45) is 0 Å². The summed E-state index contributed by atoms with van der Waals surface area (Å²) >= 11 is 0. The first-order valence-corrected chi connectivity index (χ1v) is 32.9. The Morgan fingerprint density at radius 3 is 1.16 bits per heavy atom. The molecular weight excluding hydrogens is 1250 g/mol. The van der Waals surface area contributed by atoms with Crippen LogP contribution in [0.3, 0.4) is 0 Å². The van der Waals surface area contributed by atoms with Gasteiger partial charge in [-0.05, 0) is 149 Å². The molecule has 12 rings (SSSR count). The molecule has 0 radical (unpaired) electrons. The van der Waals surface area contributed by atoms with Crippen molar-refractivity contribution < 1.29 is 78.4 Å².